The number of hydrogen-bond donors (Lipinski definition) is 1. The van der Waals surface area contributed by atoms with Crippen molar-refractivity contribution in [1.82, 2.24) is 15.0 Å². The maximum absolute atomic E-state index is 12.7. The minimum absolute atomic E-state index is 0.536. The summed E-state index contributed by atoms with van der Waals surface area (Å²) in [5.41, 5.74) is 30.4. The molecule has 4 aromatic rings. The average molecular weight is 606 g/mol. The molecular formula is C33H27N5OS3. The summed E-state index contributed by atoms with van der Waals surface area (Å²) in [6.45, 7) is 11.8. The number of rotatable bonds is 6. The number of thiophene rings is 1. The number of benzene rings is 1. The molecule has 0 aliphatic rings. The van der Waals surface area contributed by atoms with E-state index >= 15 is 0 Å². The quantitative estimate of drug-likeness (QED) is 0.180. The van der Waals surface area contributed by atoms with Gasteiger partial charge in [0.25, 0.3) is 0 Å². The summed E-state index contributed by atoms with van der Waals surface area (Å²) in [4.78, 5) is 18.1. The molecular weight excluding hydrogens is 579 g/mol. The van der Waals surface area contributed by atoms with Crippen molar-refractivity contribution in [2.45, 2.75) is 24.0 Å². The highest BCUT2D eigenvalue weighted by Crippen LogP contribution is 2.41. The van der Waals surface area contributed by atoms with E-state index in [1.54, 1.807) is 13.2 Å². The van der Waals surface area contributed by atoms with Crippen LogP contribution in [-0.2, 0) is 10.8 Å². The summed E-state index contributed by atoms with van der Waals surface area (Å²) in [5.74, 6) is 3.60. The van der Waals surface area contributed by atoms with Gasteiger partial charge in [0.1, 0.15) is 9.04 Å². The third-order valence-electron chi connectivity index (χ3n) is 4.80. The SMILES string of the molecule is C=C=C=C=C=C=C.C=C=C=C=C=C=NC.CCCCS(=O)c1sc2nc(-c3nccs3)nc(-c3ccccc3)c2c1N. The maximum Gasteiger partial charge on any atom is 0.190 e. The number of thiazole rings is 1. The van der Waals surface area contributed by atoms with E-state index in [-0.39, 0.29) is 0 Å². The van der Waals surface area contributed by atoms with Crippen LogP contribution in [0.5, 0.6) is 0 Å². The van der Waals surface area contributed by atoms with E-state index in [0.29, 0.717) is 21.5 Å². The van der Waals surface area contributed by atoms with Crippen LogP contribution < -0.4 is 5.73 Å². The summed E-state index contributed by atoms with van der Waals surface area (Å²) in [7, 11) is 0.481. The molecule has 0 saturated heterocycles. The van der Waals surface area contributed by atoms with E-state index in [0.717, 1.165) is 39.3 Å². The van der Waals surface area contributed by atoms with Gasteiger partial charge < -0.3 is 5.73 Å². The van der Waals surface area contributed by atoms with Crippen molar-refractivity contribution in [3.8, 4) is 22.1 Å². The first-order valence-electron chi connectivity index (χ1n) is 12.4. The fourth-order valence-corrected chi connectivity index (χ4v) is 6.39. The van der Waals surface area contributed by atoms with Crippen LogP contribution in [0, 0.1) is 0 Å². The molecule has 6 nitrogen and oxygen atoms in total. The minimum atomic E-state index is -1.12. The Morgan fingerprint density at radius 1 is 0.976 bits per heavy atom. The number of nitrogens with two attached hydrogens (primary N) is 1. The molecule has 42 heavy (non-hydrogen) atoms. The molecule has 9 heteroatoms. The number of nitrogen functional groups attached to an aromatic ring is 1. The van der Waals surface area contributed by atoms with Crippen LogP contribution in [0.2, 0.25) is 0 Å². The predicted molar refractivity (Wildman–Crippen MR) is 176 cm³/mol. The van der Waals surface area contributed by atoms with E-state index in [4.69, 9.17) is 10.7 Å². The molecule has 208 valence electrons. The largest absolute Gasteiger partial charge is 0.396 e. The van der Waals surface area contributed by atoms with Gasteiger partial charge in [0, 0.05) is 47.3 Å². The molecule has 1 atom stereocenters. The molecule has 0 radical (unpaired) electrons. The Balaban J connectivity index is 0.000000341. The fraction of sp³-hybridized carbons (Fsp3) is 0.152. The Morgan fingerprint density at radius 2 is 1.64 bits per heavy atom. The van der Waals surface area contributed by atoms with Crippen molar-refractivity contribution in [1.29, 1.82) is 0 Å². The number of nitrogens with zero attached hydrogens (tertiary/aromatic N) is 4. The number of hydrogen-bond acceptors (Lipinski definition) is 8. The zero-order valence-corrected chi connectivity index (χ0v) is 25.7. The number of aromatic nitrogens is 3. The van der Waals surface area contributed by atoms with Gasteiger partial charge in [-0.3, -0.25) is 4.21 Å². The van der Waals surface area contributed by atoms with Crippen molar-refractivity contribution >= 4 is 55.2 Å². The highest BCUT2D eigenvalue weighted by molar-refractivity contribution is 7.87. The van der Waals surface area contributed by atoms with Gasteiger partial charge in [-0.15, -0.1) is 22.7 Å². The van der Waals surface area contributed by atoms with E-state index in [2.05, 4.69) is 99.1 Å². The van der Waals surface area contributed by atoms with Gasteiger partial charge in [-0.25, -0.2) is 19.9 Å². The summed E-state index contributed by atoms with van der Waals surface area (Å²) >= 11 is 2.90. The van der Waals surface area contributed by atoms with E-state index in [1.807, 2.05) is 35.7 Å². The lowest BCUT2D eigenvalue weighted by atomic mass is 10.1. The summed E-state index contributed by atoms with van der Waals surface area (Å²) in [5, 5.41) is 3.44. The normalized spacial score (nSPS) is 9.38. The highest BCUT2D eigenvalue weighted by atomic mass is 32.2. The summed E-state index contributed by atoms with van der Waals surface area (Å²) in [6, 6.07) is 9.90. The lowest BCUT2D eigenvalue weighted by Crippen LogP contribution is -1.99. The van der Waals surface area contributed by atoms with Crippen LogP contribution in [0.1, 0.15) is 19.8 Å². The summed E-state index contributed by atoms with van der Waals surface area (Å²) < 4.78 is 13.4. The average Bonchev–Trinajstić information content (AvgIpc) is 3.68. The molecule has 4 rings (SSSR count). The Bertz CT molecular complexity index is 1890. The van der Waals surface area contributed by atoms with Gasteiger partial charge in [0.05, 0.1) is 27.6 Å². The molecule has 3 aromatic heterocycles. The molecule has 2 N–H and O–H groups in total. The molecule has 1 unspecified atom stereocenters. The number of unbranched alkanes of at least 4 members (excludes halogenated alkanes) is 1. The van der Waals surface area contributed by atoms with Crippen LogP contribution in [0.3, 0.4) is 0 Å². The second kappa shape index (κ2) is 19.2. The van der Waals surface area contributed by atoms with Gasteiger partial charge in [0.15, 0.2) is 10.8 Å². The molecule has 0 aliphatic carbocycles. The van der Waals surface area contributed by atoms with Gasteiger partial charge in [-0.05, 0) is 49.1 Å². The number of anilines is 1. The molecule has 0 amide bonds. The zero-order valence-electron chi connectivity index (χ0n) is 23.3. The lowest BCUT2D eigenvalue weighted by Gasteiger charge is -2.06. The maximum atomic E-state index is 12.7. The molecule has 0 aliphatic heterocycles. The number of fused-ring (bicyclic) bond motifs is 1. The first kappa shape index (κ1) is 33.3. The van der Waals surface area contributed by atoms with Crippen molar-refractivity contribution in [2.24, 2.45) is 4.99 Å². The van der Waals surface area contributed by atoms with Crippen LogP contribution in [0.25, 0.3) is 32.3 Å². The predicted octanol–water partition coefficient (Wildman–Crippen LogP) is 7.64. The Hall–Kier alpha value is -4.95. The molecule has 0 spiro atoms. The van der Waals surface area contributed by atoms with E-state index in [1.165, 1.54) is 22.7 Å². The highest BCUT2D eigenvalue weighted by Gasteiger charge is 2.22. The zero-order chi connectivity index (χ0) is 30.6. The smallest absolute Gasteiger partial charge is 0.190 e. The molecule has 1 aromatic carbocycles. The molecule has 0 saturated carbocycles. The minimum Gasteiger partial charge on any atom is -0.396 e. The van der Waals surface area contributed by atoms with E-state index in [9.17, 15) is 4.21 Å². The first-order chi connectivity index (χ1) is 20.5. The monoisotopic (exact) mass is 605 g/mol. The Kier molecular flexibility index (Phi) is 15.2. The van der Waals surface area contributed by atoms with Gasteiger partial charge in [-0.1, -0.05) is 60.9 Å². The van der Waals surface area contributed by atoms with Gasteiger partial charge in [-0.2, -0.15) is 0 Å². The lowest BCUT2D eigenvalue weighted by molar-refractivity contribution is 0.681. The third-order valence-corrected chi connectivity index (χ3v) is 8.56. The van der Waals surface area contributed by atoms with Crippen molar-refractivity contribution < 1.29 is 4.21 Å². The van der Waals surface area contributed by atoms with E-state index < -0.39 is 10.8 Å². The first-order valence-corrected chi connectivity index (χ1v) is 15.4. The standard InChI is InChI=1S/C19H18N4OS3.C7H5N.C7H4/c1-2-3-11-27(24)19-14(20)13-15(12-7-5-4-6-8-12)22-16(23-17(13)26-19)18-21-9-10-25-18;1-3-4-5-6-7-8-2;1-3-5-7-6-4-2/h4-10H,2-3,11,20H2,1H3;1H2,2H3;1-2H2. The van der Waals surface area contributed by atoms with Gasteiger partial charge >= 0.3 is 0 Å². The summed E-state index contributed by atoms with van der Waals surface area (Å²) in [6.07, 6.45) is 3.64. The fourth-order valence-electron chi connectivity index (χ4n) is 3.05. The van der Waals surface area contributed by atoms with Crippen LogP contribution in [-0.4, -0.2) is 37.8 Å². The van der Waals surface area contributed by atoms with Gasteiger partial charge in [0.2, 0.25) is 0 Å². The van der Waals surface area contributed by atoms with Crippen LogP contribution in [0.15, 0.2) is 122 Å². The molecule has 0 bridgehead atoms. The molecule has 0 fully saturated rings. The topological polar surface area (TPSA) is 94.1 Å². The molecule has 3 heterocycles. The Labute approximate surface area is 256 Å². The second-order valence-electron chi connectivity index (χ2n) is 7.60. The number of aliphatic imine (C=N–C) groups is 1. The van der Waals surface area contributed by atoms with Crippen molar-refractivity contribution in [3.63, 3.8) is 0 Å². The second-order valence-corrected chi connectivity index (χ2v) is 11.3. The van der Waals surface area contributed by atoms with Crippen LogP contribution >= 0.6 is 22.7 Å². The third kappa shape index (κ3) is 10.2. The van der Waals surface area contributed by atoms with Crippen molar-refractivity contribution in [2.75, 3.05) is 18.5 Å². The van der Waals surface area contributed by atoms with Crippen LogP contribution in [0.4, 0.5) is 5.69 Å². The Morgan fingerprint density at radius 3 is 2.21 bits per heavy atom. The van der Waals surface area contributed by atoms with Crippen molar-refractivity contribution in [3.05, 3.63) is 113 Å².